The standard InChI is InChI=1S/C11H13BrFN5O/c12-7-4-8(18-9(7)13)10(19)15-3-1-2-6-5-16-11(14)17-6/h4-5,18H,1-3H2,(H,15,19)(H3,14,16,17). The van der Waals surface area contributed by atoms with Gasteiger partial charge < -0.3 is 21.0 Å². The molecule has 102 valence electrons. The highest BCUT2D eigenvalue weighted by molar-refractivity contribution is 9.10. The number of aromatic nitrogens is 3. The van der Waals surface area contributed by atoms with E-state index in [2.05, 4.69) is 36.2 Å². The van der Waals surface area contributed by atoms with E-state index in [9.17, 15) is 9.18 Å². The number of nitrogens with one attached hydrogen (secondary N) is 3. The number of rotatable bonds is 5. The Balaban J connectivity index is 1.75. The Hall–Kier alpha value is -1.83. The number of carbonyl (C=O) groups excluding carboxylic acids is 1. The number of amides is 1. The van der Waals surface area contributed by atoms with E-state index in [1.165, 1.54) is 6.07 Å². The van der Waals surface area contributed by atoms with Gasteiger partial charge in [-0.05, 0) is 34.8 Å². The second-order valence-electron chi connectivity index (χ2n) is 4.00. The van der Waals surface area contributed by atoms with Gasteiger partial charge in [0.05, 0.1) is 10.7 Å². The van der Waals surface area contributed by atoms with Crippen LogP contribution in [0.5, 0.6) is 0 Å². The summed E-state index contributed by atoms with van der Waals surface area (Å²) in [5, 5.41) is 2.69. The third-order valence-electron chi connectivity index (χ3n) is 2.53. The molecule has 0 aromatic carbocycles. The lowest BCUT2D eigenvalue weighted by Gasteiger charge is -2.02. The number of H-pyrrole nitrogens is 2. The Kier molecular flexibility index (Phi) is 4.20. The first kappa shape index (κ1) is 13.6. The van der Waals surface area contributed by atoms with Gasteiger partial charge in [0.1, 0.15) is 5.69 Å². The molecule has 0 radical (unpaired) electrons. The summed E-state index contributed by atoms with van der Waals surface area (Å²) in [6, 6.07) is 1.40. The highest BCUT2D eigenvalue weighted by atomic mass is 79.9. The molecular weight excluding hydrogens is 317 g/mol. The predicted octanol–water partition coefficient (Wildman–Crippen LogP) is 1.58. The van der Waals surface area contributed by atoms with E-state index in [0.717, 1.165) is 18.5 Å². The summed E-state index contributed by atoms with van der Waals surface area (Å²) in [6.45, 7) is 0.482. The molecule has 0 fully saturated rings. The molecule has 8 heteroatoms. The molecule has 0 bridgehead atoms. The molecule has 5 N–H and O–H groups in total. The van der Waals surface area contributed by atoms with Gasteiger partial charge in [0.2, 0.25) is 5.95 Å². The summed E-state index contributed by atoms with van der Waals surface area (Å²) >= 11 is 2.99. The van der Waals surface area contributed by atoms with Crippen LogP contribution in [0, 0.1) is 5.95 Å². The minimum Gasteiger partial charge on any atom is -0.369 e. The molecule has 2 aromatic heterocycles. The summed E-state index contributed by atoms with van der Waals surface area (Å²) in [5.74, 6) is -0.516. The van der Waals surface area contributed by atoms with Crippen molar-refractivity contribution in [3.05, 3.63) is 34.1 Å². The Morgan fingerprint density at radius 3 is 2.89 bits per heavy atom. The number of aromatic amines is 2. The fourth-order valence-corrected chi connectivity index (χ4v) is 1.93. The monoisotopic (exact) mass is 329 g/mol. The molecule has 0 atom stereocenters. The lowest BCUT2D eigenvalue weighted by atomic mass is 10.2. The first-order valence-corrected chi connectivity index (χ1v) is 6.47. The second-order valence-corrected chi connectivity index (χ2v) is 4.85. The zero-order valence-corrected chi connectivity index (χ0v) is 11.6. The summed E-state index contributed by atoms with van der Waals surface area (Å²) in [7, 11) is 0. The molecule has 0 unspecified atom stereocenters. The fraction of sp³-hybridized carbons (Fsp3) is 0.273. The maximum Gasteiger partial charge on any atom is 0.267 e. The molecule has 2 heterocycles. The number of anilines is 1. The van der Waals surface area contributed by atoms with Crippen molar-refractivity contribution in [2.45, 2.75) is 12.8 Å². The number of hydrogen-bond acceptors (Lipinski definition) is 3. The van der Waals surface area contributed by atoms with Crippen molar-refractivity contribution in [1.29, 1.82) is 0 Å². The molecular formula is C11H13BrFN5O. The minimum atomic E-state index is -0.557. The highest BCUT2D eigenvalue weighted by Gasteiger charge is 2.11. The smallest absolute Gasteiger partial charge is 0.267 e. The molecule has 2 aromatic rings. The van der Waals surface area contributed by atoms with Gasteiger partial charge in [-0.25, -0.2) is 4.98 Å². The summed E-state index contributed by atoms with van der Waals surface area (Å²) in [6.07, 6.45) is 3.12. The van der Waals surface area contributed by atoms with Crippen LogP contribution in [0.25, 0.3) is 0 Å². The summed E-state index contributed by atoms with van der Waals surface area (Å²) < 4.78 is 13.2. The maximum atomic E-state index is 13.0. The van der Waals surface area contributed by atoms with E-state index in [4.69, 9.17) is 5.73 Å². The van der Waals surface area contributed by atoms with Crippen molar-refractivity contribution in [2.75, 3.05) is 12.3 Å². The minimum absolute atomic E-state index is 0.190. The SMILES string of the molecule is Nc1ncc(CCCNC(=O)c2cc(Br)c(F)[nH]2)[nH]1. The van der Waals surface area contributed by atoms with Gasteiger partial charge in [-0.15, -0.1) is 0 Å². The van der Waals surface area contributed by atoms with Crippen molar-refractivity contribution in [3.63, 3.8) is 0 Å². The highest BCUT2D eigenvalue weighted by Crippen LogP contribution is 2.15. The van der Waals surface area contributed by atoms with E-state index in [0.29, 0.717) is 12.5 Å². The zero-order chi connectivity index (χ0) is 13.8. The van der Waals surface area contributed by atoms with Crippen LogP contribution in [0.3, 0.4) is 0 Å². The second kappa shape index (κ2) is 5.87. The van der Waals surface area contributed by atoms with Crippen LogP contribution in [0.1, 0.15) is 22.6 Å². The van der Waals surface area contributed by atoms with E-state index < -0.39 is 5.95 Å². The predicted molar refractivity (Wildman–Crippen MR) is 72.1 cm³/mol. The van der Waals surface area contributed by atoms with Crippen LogP contribution < -0.4 is 11.1 Å². The van der Waals surface area contributed by atoms with Crippen LogP contribution in [-0.2, 0) is 6.42 Å². The zero-order valence-electron chi connectivity index (χ0n) is 9.96. The first-order chi connectivity index (χ1) is 9.06. The van der Waals surface area contributed by atoms with Gasteiger partial charge in [-0.1, -0.05) is 0 Å². The Morgan fingerprint density at radius 1 is 1.53 bits per heavy atom. The lowest BCUT2D eigenvalue weighted by molar-refractivity contribution is 0.0948. The average Bonchev–Trinajstić information content (AvgIpc) is 2.92. The van der Waals surface area contributed by atoms with E-state index in [1.54, 1.807) is 6.20 Å². The van der Waals surface area contributed by atoms with E-state index >= 15 is 0 Å². The van der Waals surface area contributed by atoms with Crippen LogP contribution in [-0.4, -0.2) is 27.4 Å². The van der Waals surface area contributed by atoms with Crippen molar-refractivity contribution in [3.8, 4) is 0 Å². The number of carbonyl (C=O) groups is 1. The lowest BCUT2D eigenvalue weighted by Crippen LogP contribution is -2.25. The Bertz CT molecular complexity index is 560. The van der Waals surface area contributed by atoms with Crippen molar-refractivity contribution in [2.24, 2.45) is 0 Å². The van der Waals surface area contributed by atoms with Crippen molar-refractivity contribution < 1.29 is 9.18 Å². The fourth-order valence-electron chi connectivity index (χ4n) is 1.61. The summed E-state index contributed by atoms with van der Waals surface area (Å²) in [5.41, 5.74) is 6.55. The van der Waals surface area contributed by atoms with Crippen LogP contribution in [0.2, 0.25) is 0 Å². The molecule has 1 amide bonds. The Morgan fingerprint density at radius 2 is 2.32 bits per heavy atom. The number of halogens is 2. The normalized spacial score (nSPS) is 10.6. The molecule has 0 spiro atoms. The number of nitrogens with two attached hydrogens (primary N) is 1. The molecule has 0 aliphatic carbocycles. The van der Waals surface area contributed by atoms with Gasteiger partial charge >= 0.3 is 0 Å². The van der Waals surface area contributed by atoms with Crippen LogP contribution in [0.15, 0.2) is 16.7 Å². The first-order valence-electron chi connectivity index (χ1n) is 5.68. The third kappa shape index (κ3) is 3.57. The number of imidazole rings is 1. The van der Waals surface area contributed by atoms with Crippen molar-refractivity contribution >= 4 is 27.8 Å². The molecule has 6 nitrogen and oxygen atoms in total. The van der Waals surface area contributed by atoms with Crippen LogP contribution in [0.4, 0.5) is 10.3 Å². The van der Waals surface area contributed by atoms with Crippen molar-refractivity contribution in [1.82, 2.24) is 20.3 Å². The maximum absolute atomic E-state index is 13.0. The average molecular weight is 330 g/mol. The third-order valence-corrected chi connectivity index (χ3v) is 3.10. The molecule has 0 aliphatic heterocycles. The number of nitrogens with zero attached hydrogens (tertiary/aromatic N) is 1. The van der Waals surface area contributed by atoms with Gasteiger partial charge in [-0.3, -0.25) is 4.79 Å². The molecule has 19 heavy (non-hydrogen) atoms. The Labute approximate surface area is 117 Å². The van der Waals surface area contributed by atoms with E-state index in [-0.39, 0.29) is 16.1 Å². The van der Waals surface area contributed by atoms with Gasteiger partial charge in [-0.2, -0.15) is 4.39 Å². The van der Waals surface area contributed by atoms with Crippen LogP contribution >= 0.6 is 15.9 Å². The van der Waals surface area contributed by atoms with Gasteiger partial charge in [0.25, 0.3) is 5.91 Å². The number of aryl methyl sites for hydroxylation is 1. The van der Waals surface area contributed by atoms with E-state index in [1.807, 2.05) is 0 Å². The molecule has 0 saturated carbocycles. The molecule has 2 rings (SSSR count). The van der Waals surface area contributed by atoms with Gasteiger partial charge in [0, 0.05) is 12.2 Å². The molecule has 0 aliphatic rings. The topological polar surface area (TPSA) is 99.6 Å². The number of nitrogen functional groups attached to an aromatic ring is 1. The largest absolute Gasteiger partial charge is 0.369 e. The number of hydrogen-bond donors (Lipinski definition) is 4. The molecule has 0 saturated heterocycles. The quantitative estimate of drug-likeness (QED) is 0.626. The van der Waals surface area contributed by atoms with Gasteiger partial charge in [0.15, 0.2) is 5.95 Å². The summed E-state index contributed by atoms with van der Waals surface area (Å²) in [4.78, 5) is 20.8.